The minimum Gasteiger partial charge on any atom is -0.373 e. The minimum absolute atomic E-state index is 0.389. The third kappa shape index (κ3) is 3.32. The predicted octanol–water partition coefficient (Wildman–Crippen LogP) is 3.10. The highest BCUT2D eigenvalue weighted by Gasteiger charge is 2.16. The van der Waals surface area contributed by atoms with E-state index in [1.807, 2.05) is 7.05 Å². The monoisotopic (exact) mass is 236 g/mol. The number of anilines is 2. The van der Waals surface area contributed by atoms with Crippen LogP contribution in [0.1, 0.15) is 46.1 Å². The first kappa shape index (κ1) is 13.7. The van der Waals surface area contributed by atoms with Crippen LogP contribution < -0.4 is 10.6 Å². The van der Waals surface area contributed by atoms with Crippen molar-refractivity contribution in [1.82, 2.24) is 9.97 Å². The van der Waals surface area contributed by atoms with Gasteiger partial charge in [0.2, 0.25) is 0 Å². The van der Waals surface area contributed by atoms with Crippen LogP contribution in [0.3, 0.4) is 0 Å². The molecule has 0 amide bonds. The highest BCUT2D eigenvalue weighted by Crippen LogP contribution is 2.28. The molecule has 0 bridgehead atoms. The van der Waals surface area contributed by atoms with E-state index in [0.717, 1.165) is 17.2 Å². The lowest BCUT2D eigenvalue weighted by molar-refractivity contribution is 0.557. The third-order valence-corrected chi connectivity index (χ3v) is 3.06. The molecule has 1 heterocycles. The van der Waals surface area contributed by atoms with E-state index in [1.165, 1.54) is 0 Å². The molecule has 0 aromatic carbocycles. The average Bonchev–Trinajstić information content (AvgIpc) is 2.27. The van der Waals surface area contributed by atoms with Crippen LogP contribution in [0, 0.1) is 5.92 Å². The lowest BCUT2D eigenvalue weighted by Crippen LogP contribution is -2.23. The second-order valence-corrected chi connectivity index (χ2v) is 5.07. The SMILES string of the molecule is CNc1ncnc(NC(C)C(C)C)c1C(C)C. The molecule has 0 saturated heterocycles. The Morgan fingerprint density at radius 1 is 1.00 bits per heavy atom. The molecular weight excluding hydrogens is 212 g/mol. The minimum atomic E-state index is 0.389. The molecule has 1 aromatic rings. The second kappa shape index (κ2) is 5.84. The highest BCUT2D eigenvalue weighted by atomic mass is 15.1. The molecule has 0 radical (unpaired) electrons. The molecule has 1 rings (SSSR count). The van der Waals surface area contributed by atoms with Crippen LogP contribution in [0.4, 0.5) is 11.6 Å². The van der Waals surface area contributed by atoms with E-state index in [1.54, 1.807) is 6.33 Å². The van der Waals surface area contributed by atoms with Crippen molar-refractivity contribution in [3.8, 4) is 0 Å². The van der Waals surface area contributed by atoms with Gasteiger partial charge in [0, 0.05) is 18.7 Å². The van der Waals surface area contributed by atoms with Gasteiger partial charge in [-0.05, 0) is 18.8 Å². The molecule has 1 aromatic heterocycles. The summed E-state index contributed by atoms with van der Waals surface area (Å²) in [5.74, 6) is 2.82. The molecule has 1 atom stereocenters. The summed E-state index contributed by atoms with van der Waals surface area (Å²) in [6.45, 7) is 10.9. The molecule has 0 fully saturated rings. The molecule has 4 heteroatoms. The zero-order valence-corrected chi connectivity index (χ0v) is 11.7. The van der Waals surface area contributed by atoms with Crippen LogP contribution in [0.15, 0.2) is 6.33 Å². The van der Waals surface area contributed by atoms with Crippen molar-refractivity contribution in [3.05, 3.63) is 11.9 Å². The smallest absolute Gasteiger partial charge is 0.135 e. The molecule has 2 N–H and O–H groups in total. The highest BCUT2D eigenvalue weighted by molar-refractivity contribution is 5.59. The standard InChI is InChI=1S/C13H24N4/c1-8(2)10(5)17-13-11(9(3)4)12(14-6)15-7-16-13/h7-10H,1-6H3,(H2,14,15,16,17). The van der Waals surface area contributed by atoms with Crippen LogP contribution in [0.5, 0.6) is 0 Å². The Morgan fingerprint density at radius 2 is 1.59 bits per heavy atom. The van der Waals surface area contributed by atoms with E-state index in [4.69, 9.17) is 0 Å². The van der Waals surface area contributed by atoms with E-state index >= 15 is 0 Å². The first-order valence-corrected chi connectivity index (χ1v) is 6.26. The first-order chi connectivity index (χ1) is 7.97. The average molecular weight is 236 g/mol. The van der Waals surface area contributed by atoms with Crippen LogP contribution in [0.25, 0.3) is 0 Å². The molecule has 0 aliphatic rings. The van der Waals surface area contributed by atoms with Gasteiger partial charge in [-0.15, -0.1) is 0 Å². The number of hydrogen-bond donors (Lipinski definition) is 2. The quantitative estimate of drug-likeness (QED) is 0.825. The summed E-state index contributed by atoms with van der Waals surface area (Å²) in [6, 6.07) is 0.395. The van der Waals surface area contributed by atoms with Crippen molar-refractivity contribution < 1.29 is 0 Å². The molecule has 17 heavy (non-hydrogen) atoms. The van der Waals surface area contributed by atoms with E-state index in [-0.39, 0.29) is 0 Å². The first-order valence-electron chi connectivity index (χ1n) is 6.26. The zero-order valence-electron chi connectivity index (χ0n) is 11.7. The van der Waals surface area contributed by atoms with Crippen molar-refractivity contribution >= 4 is 11.6 Å². The van der Waals surface area contributed by atoms with Crippen molar-refractivity contribution in [3.63, 3.8) is 0 Å². The Labute approximate surface area is 104 Å². The number of nitrogens with one attached hydrogen (secondary N) is 2. The van der Waals surface area contributed by atoms with Crippen molar-refractivity contribution in [2.75, 3.05) is 17.7 Å². The fourth-order valence-electron chi connectivity index (χ4n) is 1.64. The number of hydrogen-bond acceptors (Lipinski definition) is 4. The van der Waals surface area contributed by atoms with Crippen LogP contribution in [-0.2, 0) is 0 Å². The van der Waals surface area contributed by atoms with Crippen molar-refractivity contribution in [2.45, 2.75) is 46.6 Å². The molecule has 1 unspecified atom stereocenters. The molecule has 0 saturated carbocycles. The summed E-state index contributed by atoms with van der Waals surface area (Å²) in [5, 5.41) is 6.60. The fourth-order valence-corrected chi connectivity index (χ4v) is 1.64. The predicted molar refractivity (Wildman–Crippen MR) is 73.6 cm³/mol. The van der Waals surface area contributed by atoms with Gasteiger partial charge in [-0.2, -0.15) is 0 Å². The topological polar surface area (TPSA) is 49.8 Å². The second-order valence-electron chi connectivity index (χ2n) is 5.07. The van der Waals surface area contributed by atoms with E-state index in [9.17, 15) is 0 Å². The summed E-state index contributed by atoms with van der Waals surface area (Å²) in [6.07, 6.45) is 1.60. The molecule has 0 spiro atoms. The number of nitrogens with zero attached hydrogens (tertiary/aromatic N) is 2. The van der Waals surface area contributed by atoms with Gasteiger partial charge in [0.15, 0.2) is 0 Å². The van der Waals surface area contributed by atoms with Gasteiger partial charge in [0.25, 0.3) is 0 Å². The van der Waals surface area contributed by atoms with Gasteiger partial charge in [-0.25, -0.2) is 9.97 Å². The Balaban J connectivity index is 3.06. The number of rotatable bonds is 5. The van der Waals surface area contributed by atoms with E-state index < -0.39 is 0 Å². The Kier molecular flexibility index (Phi) is 4.73. The van der Waals surface area contributed by atoms with Crippen LogP contribution in [0.2, 0.25) is 0 Å². The van der Waals surface area contributed by atoms with Gasteiger partial charge >= 0.3 is 0 Å². The molecule has 4 nitrogen and oxygen atoms in total. The lowest BCUT2D eigenvalue weighted by atomic mass is 10.0. The Hall–Kier alpha value is -1.32. The van der Waals surface area contributed by atoms with Crippen molar-refractivity contribution in [1.29, 1.82) is 0 Å². The zero-order chi connectivity index (χ0) is 13.0. The maximum atomic E-state index is 4.37. The maximum Gasteiger partial charge on any atom is 0.135 e. The van der Waals surface area contributed by atoms with Crippen LogP contribution >= 0.6 is 0 Å². The molecule has 96 valence electrons. The fraction of sp³-hybridized carbons (Fsp3) is 0.692. The van der Waals surface area contributed by atoms with Gasteiger partial charge in [0.05, 0.1) is 0 Å². The molecule has 0 aliphatic heterocycles. The lowest BCUT2D eigenvalue weighted by Gasteiger charge is -2.22. The summed E-state index contributed by atoms with van der Waals surface area (Å²) in [4.78, 5) is 8.64. The summed E-state index contributed by atoms with van der Waals surface area (Å²) in [5.41, 5.74) is 1.16. The molecule has 0 aliphatic carbocycles. The maximum absolute atomic E-state index is 4.37. The normalized spacial score (nSPS) is 12.9. The van der Waals surface area contributed by atoms with Crippen LogP contribution in [-0.4, -0.2) is 23.1 Å². The van der Waals surface area contributed by atoms with E-state index in [2.05, 4.69) is 55.2 Å². The van der Waals surface area contributed by atoms with Gasteiger partial charge in [0.1, 0.15) is 18.0 Å². The third-order valence-electron chi connectivity index (χ3n) is 3.06. The summed E-state index contributed by atoms with van der Waals surface area (Å²) < 4.78 is 0. The van der Waals surface area contributed by atoms with Gasteiger partial charge < -0.3 is 10.6 Å². The largest absolute Gasteiger partial charge is 0.373 e. The van der Waals surface area contributed by atoms with Gasteiger partial charge in [-0.1, -0.05) is 27.7 Å². The van der Waals surface area contributed by atoms with Crippen molar-refractivity contribution in [2.24, 2.45) is 5.92 Å². The Morgan fingerprint density at radius 3 is 2.06 bits per heavy atom. The summed E-state index contributed by atoms with van der Waals surface area (Å²) in [7, 11) is 1.89. The van der Waals surface area contributed by atoms with Gasteiger partial charge in [-0.3, -0.25) is 0 Å². The summed E-state index contributed by atoms with van der Waals surface area (Å²) >= 11 is 0. The molecular formula is C13H24N4. The Bertz CT molecular complexity index is 360. The van der Waals surface area contributed by atoms with E-state index in [0.29, 0.717) is 17.9 Å². The number of aromatic nitrogens is 2.